The van der Waals surface area contributed by atoms with Gasteiger partial charge in [-0.3, -0.25) is 0 Å². The Bertz CT molecular complexity index is 508. The molecule has 1 aliphatic heterocycles. The normalized spacial score (nSPS) is 17.7. The van der Waals surface area contributed by atoms with Crippen molar-refractivity contribution >= 4 is 32.7 Å². The predicted octanol–water partition coefficient (Wildman–Crippen LogP) is 3.07. The molecule has 1 aromatic carbocycles. The summed E-state index contributed by atoms with van der Waals surface area (Å²) in [7, 11) is 0. The Labute approximate surface area is 107 Å². The Balaban J connectivity index is 2.00. The molecule has 0 atom stereocenters. The molecular formula is C12H13BrN2O2. The van der Waals surface area contributed by atoms with Gasteiger partial charge in [0.2, 0.25) is 0 Å². The van der Waals surface area contributed by atoms with Gasteiger partial charge in [-0.2, -0.15) is 0 Å². The lowest BCUT2D eigenvalue weighted by atomic mass is 10.0. The molecule has 1 fully saturated rings. The number of halogens is 1. The molecule has 1 aliphatic rings. The van der Waals surface area contributed by atoms with E-state index in [2.05, 4.69) is 20.9 Å². The number of fused-ring (bicyclic) bond motifs is 1. The van der Waals surface area contributed by atoms with Crippen LogP contribution in [-0.4, -0.2) is 18.2 Å². The van der Waals surface area contributed by atoms with Gasteiger partial charge in [-0.1, -0.05) is 0 Å². The number of oxazole rings is 1. The Hall–Kier alpha value is -1.07. The van der Waals surface area contributed by atoms with E-state index in [0.717, 1.165) is 47.5 Å². The van der Waals surface area contributed by atoms with Crippen LogP contribution in [-0.2, 0) is 4.74 Å². The second-order valence-corrected chi connectivity index (χ2v) is 5.13. The van der Waals surface area contributed by atoms with Crippen LogP contribution in [0.3, 0.4) is 0 Å². The van der Waals surface area contributed by atoms with Crippen LogP contribution in [0.4, 0.5) is 5.69 Å². The van der Waals surface area contributed by atoms with Crippen LogP contribution in [0.2, 0.25) is 0 Å². The van der Waals surface area contributed by atoms with E-state index < -0.39 is 0 Å². The Morgan fingerprint density at radius 1 is 1.29 bits per heavy atom. The van der Waals surface area contributed by atoms with Gasteiger partial charge in [0, 0.05) is 35.4 Å². The van der Waals surface area contributed by atoms with Gasteiger partial charge < -0.3 is 14.9 Å². The molecule has 5 heteroatoms. The number of nitrogens with two attached hydrogens (primary N) is 1. The average molecular weight is 297 g/mol. The summed E-state index contributed by atoms with van der Waals surface area (Å²) in [5, 5.41) is 0. The van der Waals surface area contributed by atoms with E-state index in [9.17, 15) is 0 Å². The molecular weight excluding hydrogens is 284 g/mol. The van der Waals surface area contributed by atoms with E-state index in [0.29, 0.717) is 11.6 Å². The van der Waals surface area contributed by atoms with E-state index in [1.54, 1.807) is 0 Å². The van der Waals surface area contributed by atoms with Crippen molar-refractivity contribution in [2.75, 3.05) is 18.9 Å². The first kappa shape index (κ1) is 11.0. The molecule has 17 heavy (non-hydrogen) atoms. The number of benzene rings is 1. The quantitative estimate of drug-likeness (QED) is 0.822. The van der Waals surface area contributed by atoms with Gasteiger partial charge in [0.15, 0.2) is 11.5 Å². The molecule has 90 valence electrons. The van der Waals surface area contributed by atoms with Crippen LogP contribution in [0.1, 0.15) is 24.7 Å². The van der Waals surface area contributed by atoms with Crippen molar-refractivity contribution in [2.24, 2.45) is 0 Å². The topological polar surface area (TPSA) is 61.3 Å². The number of rotatable bonds is 1. The minimum atomic E-state index is 0.371. The zero-order valence-electron chi connectivity index (χ0n) is 9.28. The minimum absolute atomic E-state index is 0.371. The summed E-state index contributed by atoms with van der Waals surface area (Å²) in [5.74, 6) is 1.18. The maximum atomic E-state index is 5.82. The lowest BCUT2D eigenvalue weighted by Crippen LogP contribution is -2.14. The SMILES string of the molecule is Nc1cc2oc(C3CCOCC3)nc2cc1Br. The van der Waals surface area contributed by atoms with E-state index in [4.69, 9.17) is 14.9 Å². The molecule has 0 amide bonds. The first-order valence-electron chi connectivity index (χ1n) is 5.67. The molecule has 0 unspecified atom stereocenters. The molecule has 1 saturated heterocycles. The first-order chi connectivity index (χ1) is 8.24. The third-order valence-corrected chi connectivity index (χ3v) is 3.78. The van der Waals surface area contributed by atoms with Gasteiger partial charge in [-0.25, -0.2) is 4.98 Å². The third kappa shape index (κ3) is 2.05. The summed E-state index contributed by atoms with van der Waals surface area (Å²) < 4.78 is 12.0. The summed E-state index contributed by atoms with van der Waals surface area (Å²) in [4.78, 5) is 4.53. The highest BCUT2D eigenvalue weighted by atomic mass is 79.9. The molecule has 2 N–H and O–H groups in total. The van der Waals surface area contributed by atoms with Crippen molar-refractivity contribution in [1.29, 1.82) is 0 Å². The smallest absolute Gasteiger partial charge is 0.198 e. The van der Waals surface area contributed by atoms with Gasteiger partial charge in [-0.05, 0) is 34.8 Å². The highest BCUT2D eigenvalue weighted by molar-refractivity contribution is 9.10. The summed E-state index contributed by atoms with van der Waals surface area (Å²) in [6, 6.07) is 3.71. The van der Waals surface area contributed by atoms with E-state index in [1.165, 1.54) is 0 Å². The maximum Gasteiger partial charge on any atom is 0.198 e. The van der Waals surface area contributed by atoms with Gasteiger partial charge >= 0.3 is 0 Å². The van der Waals surface area contributed by atoms with Crippen LogP contribution >= 0.6 is 15.9 Å². The lowest BCUT2D eigenvalue weighted by molar-refractivity contribution is 0.0798. The molecule has 0 saturated carbocycles. The predicted molar refractivity (Wildman–Crippen MR) is 68.9 cm³/mol. The van der Waals surface area contributed by atoms with Gasteiger partial charge in [0.25, 0.3) is 0 Å². The van der Waals surface area contributed by atoms with Gasteiger partial charge in [-0.15, -0.1) is 0 Å². The van der Waals surface area contributed by atoms with Crippen LogP contribution in [0.15, 0.2) is 21.0 Å². The lowest BCUT2D eigenvalue weighted by Gasteiger charge is -2.18. The summed E-state index contributed by atoms with van der Waals surface area (Å²) in [6.45, 7) is 1.57. The van der Waals surface area contributed by atoms with Crippen molar-refractivity contribution < 1.29 is 9.15 Å². The Morgan fingerprint density at radius 2 is 2.06 bits per heavy atom. The van der Waals surface area contributed by atoms with Crippen molar-refractivity contribution in [3.63, 3.8) is 0 Å². The number of nitrogens with zero attached hydrogens (tertiary/aromatic N) is 1. The monoisotopic (exact) mass is 296 g/mol. The average Bonchev–Trinajstić information content (AvgIpc) is 2.74. The summed E-state index contributed by atoms with van der Waals surface area (Å²) in [5.41, 5.74) is 8.10. The Morgan fingerprint density at radius 3 is 2.82 bits per heavy atom. The number of hydrogen-bond donors (Lipinski definition) is 1. The third-order valence-electron chi connectivity index (χ3n) is 3.09. The number of aromatic nitrogens is 1. The fourth-order valence-electron chi connectivity index (χ4n) is 2.10. The second kappa shape index (κ2) is 4.31. The number of ether oxygens (including phenoxy) is 1. The second-order valence-electron chi connectivity index (χ2n) is 4.28. The van der Waals surface area contributed by atoms with Crippen molar-refractivity contribution in [3.05, 3.63) is 22.5 Å². The van der Waals surface area contributed by atoms with Crippen LogP contribution < -0.4 is 5.73 Å². The van der Waals surface area contributed by atoms with E-state index in [1.807, 2.05) is 12.1 Å². The fourth-order valence-corrected chi connectivity index (χ4v) is 2.43. The molecule has 0 aliphatic carbocycles. The standard InChI is InChI=1S/C12H13BrN2O2/c13-8-5-10-11(6-9(8)14)17-12(15-10)7-1-3-16-4-2-7/h5-7H,1-4,14H2. The van der Waals surface area contributed by atoms with Crippen molar-refractivity contribution in [1.82, 2.24) is 4.98 Å². The summed E-state index contributed by atoms with van der Waals surface area (Å²) in [6.07, 6.45) is 1.95. The molecule has 4 nitrogen and oxygen atoms in total. The highest BCUT2D eigenvalue weighted by Gasteiger charge is 2.21. The highest BCUT2D eigenvalue weighted by Crippen LogP contribution is 2.32. The molecule has 2 heterocycles. The fraction of sp³-hybridized carbons (Fsp3) is 0.417. The van der Waals surface area contributed by atoms with Crippen molar-refractivity contribution in [3.8, 4) is 0 Å². The molecule has 0 bridgehead atoms. The van der Waals surface area contributed by atoms with Crippen molar-refractivity contribution in [2.45, 2.75) is 18.8 Å². The zero-order valence-corrected chi connectivity index (χ0v) is 10.9. The summed E-state index contributed by atoms with van der Waals surface area (Å²) >= 11 is 3.39. The van der Waals surface area contributed by atoms with Crippen LogP contribution in [0, 0.1) is 0 Å². The molecule has 0 spiro atoms. The molecule has 3 rings (SSSR count). The Kier molecular flexibility index (Phi) is 2.80. The minimum Gasteiger partial charge on any atom is -0.440 e. The van der Waals surface area contributed by atoms with Crippen LogP contribution in [0.5, 0.6) is 0 Å². The van der Waals surface area contributed by atoms with E-state index in [-0.39, 0.29) is 0 Å². The zero-order chi connectivity index (χ0) is 11.8. The first-order valence-corrected chi connectivity index (χ1v) is 6.46. The van der Waals surface area contributed by atoms with Crippen LogP contribution in [0.25, 0.3) is 11.1 Å². The van der Waals surface area contributed by atoms with E-state index >= 15 is 0 Å². The number of nitrogen functional groups attached to an aromatic ring is 1. The molecule has 1 aromatic heterocycles. The number of hydrogen-bond acceptors (Lipinski definition) is 4. The number of anilines is 1. The largest absolute Gasteiger partial charge is 0.440 e. The molecule has 0 radical (unpaired) electrons. The van der Waals surface area contributed by atoms with Gasteiger partial charge in [0.05, 0.1) is 0 Å². The maximum absolute atomic E-state index is 5.82. The molecule has 2 aromatic rings. The van der Waals surface area contributed by atoms with Gasteiger partial charge in [0.1, 0.15) is 5.52 Å².